The van der Waals surface area contributed by atoms with E-state index in [4.69, 9.17) is 11.6 Å². The summed E-state index contributed by atoms with van der Waals surface area (Å²) in [4.78, 5) is 24.5. The number of nitrogens with zero attached hydrogens (tertiary/aromatic N) is 1. The molecule has 0 spiro atoms. The Bertz CT molecular complexity index is 366. The van der Waals surface area contributed by atoms with Crippen molar-refractivity contribution in [2.75, 3.05) is 0 Å². The maximum Gasteiger partial charge on any atom is 0.294 e. The monoisotopic (exact) mass is 215 g/mol. The van der Waals surface area contributed by atoms with E-state index in [-0.39, 0.29) is 12.2 Å². The summed E-state index contributed by atoms with van der Waals surface area (Å²) >= 11 is 5.65. The summed E-state index contributed by atoms with van der Waals surface area (Å²) in [7, 11) is 0. The molecule has 0 unspecified atom stereocenters. The highest BCUT2D eigenvalue weighted by Crippen LogP contribution is 2.16. The lowest BCUT2D eigenvalue weighted by molar-refractivity contribution is -0.763. The summed E-state index contributed by atoms with van der Waals surface area (Å²) < 4.78 is 0. The topological polar surface area (TPSA) is 69.4 Å². The number of hydrogen-bond donors (Lipinski definition) is 0. The van der Waals surface area contributed by atoms with Crippen molar-refractivity contribution in [2.24, 2.45) is 0 Å². The maximum absolute atomic E-state index is 10.5. The molecule has 0 bridgehead atoms. The second-order valence-electron chi connectivity index (χ2n) is 2.47. The normalized spacial score (nSPS) is 9.50. The van der Waals surface area contributed by atoms with E-state index in [1.54, 1.807) is 6.07 Å². The zero-order valence-electron chi connectivity index (χ0n) is 6.97. The minimum Gasteiger partial charge on any atom is -0.309 e. The third-order valence-electron chi connectivity index (χ3n) is 1.52. The lowest BCUT2D eigenvalue weighted by atomic mass is 10.1. The van der Waals surface area contributed by atoms with Crippen LogP contribution in [0.15, 0.2) is 18.2 Å². The summed E-state index contributed by atoms with van der Waals surface area (Å²) in [6.45, 7) is -0.189. The zero-order chi connectivity index (χ0) is 10.6. The molecule has 0 heterocycles. The van der Waals surface area contributed by atoms with E-state index < -0.39 is 5.09 Å². The van der Waals surface area contributed by atoms with E-state index in [1.807, 2.05) is 0 Å². The predicted octanol–water partition coefficient (Wildman–Crippen LogP) is 1.86. The third-order valence-corrected chi connectivity index (χ3v) is 1.87. The van der Waals surface area contributed by atoms with Crippen molar-refractivity contribution in [1.29, 1.82) is 0 Å². The number of benzene rings is 1. The molecule has 0 saturated carbocycles. The fraction of sp³-hybridized carbons (Fsp3) is 0.125. The molecular weight excluding hydrogens is 210 g/mol. The van der Waals surface area contributed by atoms with Crippen LogP contribution in [0.4, 0.5) is 0 Å². The fourth-order valence-corrected chi connectivity index (χ4v) is 1.06. The van der Waals surface area contributed by atoms with Crippen LogP contribution < -0.4 is 0 Å². The van der Waals surface area contributed by atoms with Crippen LogP contribution in [0, 0.1) is 10.1 Å². The number of hydrogen-bond acceptors (Lipinski definition) is 4. The van der Waals surface area contributed by atoms with Crippen LogP contribution in [0.3, 0.4) is 0 Å². The van der Waals surface area contributed by atoms with Gasteiger partial charge in [0.15, 0.2) is 6.29 Å². The van der Waals surface area contributed by atoms with E-state index in [2.05, 4.69) is 4.84 Å². The second kappa shape index (κ2) is 4.57. The lowest BCUT2D eigenvalue weighted by Crippen LogP contribution is -2.00. The Balaban J connectivity index is 2.79. The molecule has 0 saturated heterocycles. The van der Waals surface area contributed by atoms with Crippen molar-refractivity contribution in [1.82, 2.24) is 0 Å². The molecule has 0 aliphatic carbocycles. The number of carbonyl (C=O) groups is 1. The van der Waals surface area contributed by atoms with Crippen LogP contribution in [-0.4, -0.2) is 11.4 Å². The molecule has 0 fully saturated rings. The maximum atomic E-state index is 10.5. The van der Waals surface area contributed by atoms with Gasteiger partial charge in [-0.25, -0.2) is 0 Å². The van der Waals surface area contributed by atoms with E-state index in [1.165, 1.54) is 12.1 Å². The number of rotatable bonds is 4. The standard InChI is InChI=1S/C8H6ClNO4/c9-8-2-1-6(3-7(8)4-11)5-14-10(12)13/h1-4H,5H2. The molecule has 1 aromatic carbocycles. The Morgan fingerprint density at radius 2 is 2.29 bits per heavy atom. The largest absolute Gasteiger partial charge is 0.309 e. The Morgan fingerprint density at radius 3 is 2.86 bits per heavy atom. The molecule has 6 heteroatoms. The molecule has 14 heavy (non-hydrogen) atoms. The molecule has 0 atom stereocenters. The van der Waals surface area contributed by atoms with E-state index >= 15 is 0 Å². The van der Waals surface area contributed by atoms with Crippen LogP contribution in [0.1, 0.15) is 15.9 Å². The van der Waals surface area contributed by atoms with Gasteiger partial charge in [-0.05, 0) is 17.7 Å². The van der Waals surface area contributed by atoms with E-state index in [9.17, 15) is 14.9 Å². The Labute approximate surface area is 84.3 Å². The summed E-state index contributed by atoms with van der Waals surface area (Å²) in [6, 6.07) is 4.49. The lowest BCUT2D eigenvalue weighted by Gasteiger charge is -2.01. The summed E-state index contributed by atoms with van der Waals surface area (Å²) in [5.74, 6) is 0. The Morgan fingerprint density at radius 1 is 1.57 bits per heavy atom. The van der Waals surface area contributed by atoms with Crippen LogP contribution in [0.25, 0.3) is 0 Å². The molecule has 0 aliphatic heterocycles. The summed E-state index contributed by atoms with van der Waals surface area (Å²) in [6.07, 6.45) is 0.581. The highest BCUT2D eigenvalue weighted by atomic mass is 35.5. The first-order chi connectivity index (χ1) is 6.63. The van der Waals surface area contributed by atoms with Crippen molar-refractivity contribution in [3.63, 3.8) is 0 Å². The third kappa shape index (κ3) is 2.70. The SMILES string of the molecule is O=Cc1cc(CO[N+](=O)[O-])ccc1Cl. The first-order valence-corrected chi connectivity index (χ1v) is 4.02. The molecule has 1 aromatic rings. The highest BCUT2D eigenvalue weighted by molar-refractivity contribution is 6.32. The van der Waals surface area contributed by atoms with Gasteiger partial charge in [0.1, 0.15) is 6.61 Å². The quantitative estimate of drug-likeness (QED) is 0.437. The van der Waals surface area contributed by atoms with Gasteiger partial charge >= 0.3 is 0 Å². The van der Waals surface area contributed by atoms with Crippen molar-refractivity contribution in [2.45, 2.75) is 6.61 Å². The molecular formula is C8H6ClNO4. The highest BCUT2D eigenvalue weighted by Gasteiger charge is 2.02. The van der Waals surface area contributed by atoms with Gasteiger partial charge in [-0.2, -0.15) is 0 Å². The Kier molecular flexibility index (Phi) is 3.41. The van der Waals surface area contributed by atoms with Crippen LogP contribution in [0.2, 0.25) is 5.02 Å². The molecule has 74 valence electrons. The Hall–Kier alpha value is -1.62. The molecule has 0 aliphatic rings. The van der Waals surface area contributed by atoms with Gasteiger partial charge in [-0.1, -0.05) is 17.7 Å². The molecule has 5 nitrogen and oxygen atoms in total. The first kappa shape index (κ1) is 10.5. The van der Waals surface area contributed by atoms with Crippen molar-refractivity contribution in [3.05, 3.63) is 44.5 Å². The van der Waals surface area contributed by atoms with Crippen molar-refractivity contribution >= 4 is 17.9 Å². The summed E-state index contributed by atoms with van der Waals surface area (Å²) in [5.41, 5.74) is 0.810. The molecule has 1 rings (SSSR count). The van der Waals surface area contributed by atoms with Crippen LogP contribution in [0.5, 0.6) is 0 Å². The van der Waals surface area contributed by atoms with Gasteiger partial charge in [0.25, 0.3) is 5.09 Å². The van der Waals surface area contributed by atoms with Gasteiger partial charge < -0.3 is 4.84 Å². The molecule has 0 aromatic heterocycles. The van der Waals surface area contributed by atoms with Gasteiger partial charge in [-0.15, -0.1) is 10.1 Å². The number of halogens is 1. The van der Waals surface area contributed by atoms with Crippen LogP contribution in [-0.2, 0) is 11.4 Å². The van der Waals surface area contributed by atoms with Gasteiger partial charge in [0.05, 0.1) is 5.02 Å². The zero-order valence-corrected chi connectivity index (χ0v) is 7.73. The predicted molar refractivity (Wildman–Crippen MR) is 48.6 cm³/mol. The average Bonchev–Trinajstić information content (AvgIpc) is 2.16. The number of carbonyl (C=O) groups excluding carboxylic acids is 1. The van der Waals surface area contributed by atoms with Crippen molar-refractivity contribution in [3.8, 4) is 0 Å². The van der Waals surface area contributed by atoms with E-state index in [0.717, 1.165) is 0 Å². The molecule has 0 radical (unpaired) electrons. The minimum atomic E-state index is -0.894. The van der Waals surface area contributed by atoms with Gasteiger partial charge in [-0.3, -0.25) is 4.79 Å². The number of aldehydes is 1. The second-order valence-corrected chi connectivity index (χ2v) is 2.88. The molecule has 0 amide bonds. The first-order valence-electron chi connectivity index (χ1n) is 3.64. The molecule has 0 N–H and O–H groups in total. The minimum absolute atomic E-state index is 0.189. The fourth-order valence-electron chi connectivity index (χ4n) is 0.901. The smallest absolute Gasteiger partial charge is 0.294 e. The van der Waals surface area contributed by atoms with E-state index in [0.29, 0.717) is 16.9 Å². The average molecular weight is 216 g/mol. The van der Waals surface area contributed by atoms with Gasteiger partial charge in [0, 0.05) is 5.56 Å². The van der Waals surface area contributed by atoms with Gasteiger partial charge in [0.2, 0.25) is 0 Å². The summed E-state index contributed by atoms with van der Waals surface area (Å²) in [5, 5.41) is 9.30. The van der Waals surface area contributed by atoms with Crippen LogP contribution >= 0.6 is 11.6 Å². The van der Waals surface area contributed by atoms with Crippen molar-refractivity contribution < 1.29 is 14.7 Å².